The molecule has 0 amide bonds. The lowest BCUT2D eigenvalue weighted by Crippen LogP contribution is -2.19. The minimum atomic E-state index is 0.260. The maximum absolute atomic E-state index is 5.38. The van der Waals surface area contributed by atoms with Gasteiger partial charge in [0.2, 0.25) is 6.79 Å². The smallest absolute Gasteiger partial charge is 0.231 e. The van der Waals surface area contributed by atoms with Gasteiger partial charge >= 0.3 is 0 Å². The Balaban J connectivity index is 1.72. The minimum Gasteiger partial charge on any atom is -0.454 e. The third-order valence-corrected chi connectivity index (χ3v) is 3.75. The molecule has 3 rings (SSSR count). The first kappa shape index (κ1) is 14.6. The summed E-state index contributed by atoms with van der Waals surface area (Å²) < 4.78 is 12.6. The number of ether oxygens (including phenoxy) is 2. The van der Waals surface area contributed by atoms with Gasteiger partial charge in [0, 0.05) is 18.3 Å². The summed E-state index contributed by atoms with van der Waals surface area (Å²) in [6.45, 7) is 7.14. The van der Waals surface area contributed by atoms with Gasteiger partial charge in [-0.1, -0.05) is 0 Å². The second-order valence-electron chi connectivity index (χ2n) is 5.01. The first-order valence-electron chi connectivity index (χ1n) is 7.10. The number of aromatic nitrogens is 2. The lowest BCUT2D eigenvalue weighted by molar-refractivity contribution is 0.174. The molecule has 0 saturated carbocycles. The Bertz CT molecular complexity index is 727. The fourth-order valence-electron chi connectivity index (χ4n) is 2.44. The van der Waals surface area contributed by atoms with Gasteiger partial charge in [-0.15, -0.1) is 0 Å². The summed E-state index contributed by atoms with van der Waals surface area (Å²) in [5.41, 5.74) is 3.78. The molecule has 0 atom stereocenters. The molecule has 0 aliphatic carbocycles. The zero-order valence-electron chi connectivity index (χ0n) is 12.8. The summed E-state index contributed by atoms with van der Waals surface area (Å²) >= 11 is 5.38. The summed E-state index contributed by atoms with van der Waals surface area (Å²) in [6, 6.07) is 5.63. The van der Waals surface area contributed by atoms with Crippen molar-refractivity contribution >= 4 is 28.7 Å². The molecule has 1 aliphatic heterocycles. The van der Waals surface area contributed by atoms with E-state index in [4.69, 9.17) is 21.7 Å². The Morgan fingerprint density at radius 1 is 1.27 bits per heavy atom. The lowest BCUT2D eigenvalue weighted by atomic mass is 10.3. The fraction of sp³-hybridized carbons (Fsp3) is 0.333. The van der Waals surface area contributed by atoms with E-state index in [1.54, 1.807) is 0 Å². The van der Waals surface area contributed by atoms with E-state index in [1.165, 1.54) is 0 Å². The summed E-state index contributed by atoms with van der Waals surface area (Å²) in [4.78, 5) is 0. The van der Waals surface area contributed by atoms with E-state index in [1.807, 2.05) is 36.7 Å². The number of aryl methyl sites for hydroxylation is 2. The van der Waals surface area contributed by atoms with Crippen molar-refractivity contribution in [2.24, 2.45) is 0 Å². The van der Waals surface area contributed by atoms with Gasteiger partial charge in [0.15, 0.2) is 16.6 Å². The first-order chi connectivity index (χ1) is 10.6. The summed E-state index contributed by atoms with van der Waals surface area (Å²) in [6.07, 6.45) is 0. The fourth-order valence-corrected chi connectivity index (χ4v) is 2.66. The Labute approximate surface area is 134 Å². The van der Waals surface area contributed by atoms with E-state index < -0.39 is 0 Å². The SMILES string of the molecule is CCn1nc(C)c(NC(=S)Nc2ccc3c(c2)OCO3)c1C. The normalized spacial score (nSPS) is 12.3. The zero-order chi connectivity index (χ0) is 15.7. The average molecular weight is 318 g/mol. The van der Waals surface area contributed by atoms with Crippen LogP contribution in [-0.4, -0.2) is 21.7 Å². The van der Waals surface area contributed by atoms with Crippen molar-refractivity contribution < 1.29 is 9.47 Å². The highest BCUT2D eigenvalue weighted by molar-refractivity contribution is 7.80. The molecule has 6 nitrogen and oxygen atoms in total. The number of nitrogens with one attached hydrogen (secondary N) is 2. The predicted molar refractivity (Wildman–Crippen MR) is 89.8 cm³/mol. The van der Waals surface area contributed by atoms with Crippen LogP contribution in [0.3, 0.4) is 0 Å². The zero-order valence-corrected chi connectivity index (χ0v) is 13.6. The summed E-state index contributed by atoms with van der Waals surface area (Å²) in [5, 5.41) is 11.3. The highest BCUT2D eigenvalue weighted by Gasteiger charge is 2.15. The molecule has 2 aromatic rings. The van der Waals surface area contributed by atoms with Crippen molar-refractivity contribution in [3.63, 3.8) is 0 Å². The van der Waals surface area contributed by atoms with Crippen LogP contribution in [-0.2, 0) is 6.54 Å². The molecule has 0 spiro atoms. The van der Waals surface area contributed by atoms with Crippen LogP contribution >= 0.6 is 12.2 Å². The van der Waals surface area contributed by atoms with Gasteiger partial charge < -0.3 is 20.1 Å². The molecule has 7 heteroatoms. The second-order valence-corrected chi connectivity index (χ2v) is 5.42. The molecule has 0 fully saturated rings. The van der Waals surface area contributed by atoms with Crippen LogP contribution in [0.2, 0.25) is 0 Å². The number of anilines is 2. The molecule has 2 N–H and O–H groups in total. The van der Waals surface area contributed by atoms with Gasteiger partial charge in [-0.2, -0.15) is 5.10 Å². The third-order valence-electron chi connectivity index (χ3n) is 3.55. The summed E-state index contributed by atoms with van der Waals surface area (Å²) in [5.74, 6) is 1.47. The maximum atomic E-state index is 5.38. The van der Waals surface area contributed by atoms with Crippen LogP contribution in [0.1, 0.15) is 18.3 Å². The standard InChI is InChI=1S/C15H18N4O2S/c1-4-19-10(3)14(9(2)18-19)17-15(22)16-11-5-6-12-13(7-11)21-8-20-12/h5-7H,4,8H2,1-3H3,(H2,16,17,22). The number of hydrogen-bond donors (Lipinski definition) is 2. The van der Waals surface area contributed by atoms with Gasteiger partial charge in [0.1, 0.15) is 0 Å². The second kappa shape index (κ2) is 5.84. The lowest BCUT2D eigenvalue weighted by Gasteiger charge is -2.11. The largest absolute Gasteiger partial charge is 0.454 e. The van der Waals surface area contributed by atoms with E-state index >= 15 is 0 Å². The Hall–Kier alpha value is -2.28. The maximum Gasteiger partial charge on any atom is 0.231 e. The van der Waals surface area contributed by atoms with Crippen LogP contribution in [0.15, 0.2) is 18.2 Å². The monoisotopic (exact) mass is 318 g/mol. The van der Waals surface area contributed by atoms with Crippen molar-refractivity contribution in [3.8, 4) is 11.5 Å². The average Bonchev–Trinajstić information content (AvgIpc) is 3.06. The molecule has 0 radical (unpaired) electrons. The molecule has 0 saturated heterocycles. The number of thiocarbonyl (C=S) groups is 1. The number of rotatable bonds is 3. The van der Waals surface area contributed by atoms with Crippen molar-refractivity contribution in [2.45, 2.75) is 27.3 Å². The molecule has 0 bridgehead atoms. The van der Waals surface area contributed by atoms with Crippen LogP contribution in [0, 0.1) is 13.8 Å². The third kappa shape index (κ3) is 2.71. The molecule has 1 aliphatic rings. The number of hydrogen-bond acceptors (Lipinski definition) is 4. The highest BCUT2D eigenvalue weighted by Crippen LogP contribution is 2.34. The number of fused-ring (bicyclic) bond motifs is 1. The van der Waals surface area contributed by atoms with E-state index in [0.29, 0.717) is 5.11 Å². The van der Waals surface area contributed by atoms with Gasteiger partial charge in [-0.3, -0.25) is 4.68 Å². The molecule has 2 heterocycles. The Morgan fingerprint density at radius 2 is 2.05 bits per heavy atom. The van der Waals surface area contributed by atoms with Crippen molar-refractivity contribution in [2.75, 3.05) is 17.4 Å². The molecular formula is C15H18N4O2S. The molecule has 22 heavy (non-hydrogen) atoms. The van der Waals surface area contributed by atoms with Gasteiger partial charge in [-0.05, 0) is 45.1 Å². The van der Waals surface area contributed by atoms with E-state index in [0.717, 1.165) is 40.8 Å². The number of benzene rings is 1. The molecule has 1 aromatic carbocycles. The quantitative estimate of drug-likeness (QED) is 0.848. The van der Waals surface area contributed by atoms with Gasteiger partial charge in [0.05, 0.1) is 17.1 Å². The topological polar surface area (TPSA) is 60.3 Å². The summed E-state index contributed by atoms with van der Waals surface area (Å²) in [7, 11) is 0. The van der Waals surface area contributed by atoms with Crippen LogP contribution in [0.25, 0.3) is 0 Å². The van der Waals surface area contributed by atoms with Gasteiger partial charge in [0.25, 0.3) is 0 Å². The van der Waals surface area contributed by atoms with Gasteiger partial charge in [-0.25, -0.2) is 0 Å². The predicted octanol–water partition coefficient (Wildman–Crippen LogP) is 3.06. The Kier molecular flexibility index (Phi) is 3.89. The minimum absolute atomic E-state index is 0.260. The molecule has 116 valence electrons. The molecular weight excluding hydrogens is 300 g/mol. The number of nitrogens with zero attached hydrogens (tertiary/aromatic N) is 2. The van der Waals surface area contributed by atoms with E-state index in [-0.39, 0.29) is 6.79 Å². The van der Waals surface area contributed by atoms with Crippen LogP contribution < -0.4 is 20.1 Å². The van der Waals surface area contributed by atoms with Crippen molar-refractivity contribution in [1.82, 2.24) is 9.78 Å². The van der Waals surface area contributed by atoms with E-state index in [2.05, 4.69) is 22.7 Å². The van der Waals surface area contributed by atoms with E-state index in [9.17, 15) is 0 Å². The highest BCUT2D eigenvalue weighted by atomic mass is 32.1. The molecule has 0 unspecified atom stereocenters. The van der Waals surface area contributed by atoms with Crippen LogP contribution in [0.4, 0.5) is 11.4 Å². The molecule has 1 aromatic heterocycles. The Morgan fingerprint density at radius 3 is 2.77 bits per heavy atom. The first-order valence-corrected chi connectivity index (χ1v) is 7.51. The van der Waals surface area contributed by atoms with Crippen molar-refractivity contribution in [3.05, 3.63) is 29.6 Å². The van der Waals surface area contributed by atoms with Crippen LogP contribution in [0.5, 0.6) is 11.5 Å². The van der Waals surface area contributed by atoms with Crippen molar-refractivity contribution in [1.29, 1.82) is 0 Å².